The largest absolute Gasteiger partial charge is 0.462 e. The van der Waals surface area contributed by atoms with Crippen molar-refractivity contribution >= 4 is 23.4 Å². The summed E-state index contributed by atoms with van der Waals surface area (Å²) < 4.78 is 4.92. The fourth-order valence-electron chi connectivity index (χ4n) is 1.81. The molecule has 0 unspecified atom stereocenters. The minimum absolute atomic E-state index is 0.106. The molecule has 1 aromatic rings. The quantitative estimate of drug-likeness (QED) is 0.506. The molecule has 0 bridgehead atoms. The SMILES string of the molecule is CCOC(=O)c1cc(NCCNC(=O)C2CC2)ncc1N. The highest BCUT2D eigenvalue weighted by Gasteiger charge is 2.28. The zero-order chi connectivity index (χ0) is 15.2. The third kappa shape index (κ3) is 4.34. The van der Waals surface area contributed by atoms with E-state index in [2.05, 4.69) is 15.6 Å². The summed E-state index contributed by atoms with van der Waals surface area (Å²) in [6.45, 7) is 3.06. The number of nitrogens with two attached hydrogens (primary N) is 1. The number of aromatic nitrogens is 1. The number of esters is 1. The van der Waals surface area contributed by atoms with Crippen molar-refractivity contribution in [3.63, 3.8) is 0 Å². The average Bonchev–Trinajstić information content (AvgIpc) is 3.29. The third-order valence-electron chi connectivity index (χ3n) is 3.11. The van der Waals surface area contributed by atoms with Crippen molar-refractivity contribution in [2.75, 3.05) is 30.7 Å². The van der Waals surface area contributed by atoms with Gasteiger partial charge in [0.05, 0.1) is 24.1 Å². The lowest BCUT2D eigenvalue weighted by Crippen LogP contribution is -2.30. The maximum Gasteiger partial charge on any atom is 0.340 e. The summed E-state index contributed by atoms with van der Waals surface area (Å²) in [5.41, 5.74) is 6.27. The van der Waals surface area contributed by atoms with Crippen LogP contribution in [0.1, 0.15) is 30.1 Å². The van der Waals surface area contributed by atoms with E-state index < -0.39 is 5.97 Å². The molecule has 2 rings (SSSR count). The fourth-order valence-corrected chi connectivity index (χ4v) is 1.81. The Morgan fingerprint density at radius 1 is 1.43 bits per heavy atom. The van der Waals surface area contributed by atoms with Gasteiger partial charge >= 0.3 is 5.97 Å². The Morgan fingerprint density at radius 3 is 2.86 bits per heavy atom. The molecule has 0 aromatic carbocycles. The molecule has 0 radical (unpaired) electrons. The van der Waals surface area contributed by atoms with Crippen molar-refractivity contribution in [3.8, 4) is 0 Å². The first-order chi connectivity index (χ1) is 10.1. The summed E-state index contributed by atoms with van der Waals surface area (Å²) in [4.78, 5) is 27.2. The molecule has 7 heteroatoms. The number of hydrogen-bond donors (Lipinski definition) is 3. The standard InChI is InChI=1S/C14H20N4O3/c1-2-21-14(20)10-7-12(18-8-11(10)15)16-5-6-17-13(19)9-3-4-9/h7-9H,2-6,15H2,1H3,(H,16,18)(H,17,19). The van der Waals surface area contributed by atoms with Crippen LogP contribution in [0.25, 0.3) is 0 Å². The van der Waals surface area contributed by atoms with Crippen LogP contribution in [0.5, 0.6) is 0 Å². The van der Waals surface area contributed by atoms with Crippen molar-refractivity contribution in [2.24, 2.45) is 5.92 Å². The number of amides is 1. The van der Waals surface area contributed by atoms with Crippen LogP contribution >= 0.6 is 0 Å². The second kappa shape index (κ2) is 6.92. The van der Waals surface area contributed by atoms with Gasteiger partial charge in [0, 0.05) is 19.0 Å². The van der Waals surface area contributed by atoms with Gasteiger partial charge in [0.2, 0.25) is 5.91 Å². The van der Waals surface area contributed by atoms with Crippen LogP contribution in [0.15, 0.2) is 12.3 Å². The third-order valence-corrected chi connectivity index (χ3v) is 3.11. The van der Waals surface area contributed by atoms with E-state index in [-0.39, 0.29) is 29.7 Å². The van der Waals surface area contributed by atoms with Crippen LogP contribution in [-0.4, -0.2) is 36.6 Å². The Labute approximate surface area is 123 Å². The highest BCUT2D eigenvalue weighted by atomic mass is 16.5. The molecule has 0 saturated heterocycles. The zero-order valence-corrected chi connectivity index (χ0v) is 12.0. The molecule has 4 N–H and O–H groups in total. The van der Waals surface area contributed by atoms with Crippen molar-refractivity contribution in [1.82, 2.24) is 10.3 Å². The first kappa shape index (κ1) is 15.1. The number of carbonyl (C=O) groups excluding carboxylic acids is 2. The van der Waals surface area contributed by atoms with Gasteiger partial charge in [0.25, 0.3) is 0 Å². The van der Waals surface area contributed by atoms with E-state index in [1.807, 2.05) is 0 Å². The van der Waals surface area contributed by atoms with Gasteiger partial charge in [-0.2, -0.15) is 0 Å². The first-order valence-corrected chi connectivity index (χ1v) is 7.06. The van der Waals surface area contributed by atoms with Gasteiger partial charge in [-0.1, -0.05) is 0 Å². The Bertz CT molecular complexity index is 529. The van der Waals surface area contributed by atoms with E-state index in [4.69, 9.17) is 10.5 Å². The molecule has 0 spiro atoms. The van der Waals surface area contributed by atoms with E-state index in [1.165, 1.54) is 6.20 Å². The lowest BCUT2D eigenvalue weighted by atomic mass is 10.2. The van der Waals surface area contributed by atoms with Gasteiger partial charge in [-0.15, -0.1) is 0 Å². The fraction of sp³-hybridized carbons (Fsp3) is 0.500. The summed E-state index contributed by atoms with van der Waals surface area (Å²) in [5.74, 6) is 0.361. The number of hydrogen-bond acceptors (Lipinski definition) is 6. The second-order valence-corrected chi connectivity index (χ2v) is 4.87. The molecular formula is C14H20N4O3. The number of ether oxygens (including phenoxy) is 1. The molecular weight excluding hydrogens is 272 g/mol. The molecule has 1 amide bonds. The van der Waals surface area contributed by atoms with Crippen molar-refractivity contribution < 1.29 is 14.3 Å². The maximum absolute atomic E-state index is 11.7. The van der Waals surface area contributed by atoms with Gasteiger partial charge in [-0.05, 0) is 25.8 Å². The van der Waals surface area contributed by atoms with Gasteiger partial charge in [-0.3, -0.25) is 4.79 Å². The van der Waals surface area contributed by atoms with Crippen LogP contribution in [0, 0.1) is 5.92 Å². The molecule has 1 aromatic heterocycles. The van der Waals surface area contributed by atoms with Gasteiger partial charge in [0.15, 0.2) is 0 Å². The number of nitrogens with one attached hydrogen (secondary N) is 2. The zero-order valence-electron chi connectivity index (χ0n) is 12.0. The van der Waals surface area contributed by atoms with Crippen molar-refractivity contribution in [1.29, 1.82) is 0 Å². The molecule has 114 valence electrons. The van der Waals surface area contributed by atoms with E-state index in [0.717, 1.165) is 12.8 Å². The predicted octanol–water partition coefficient (Wildman–Crippen LogP) is 0.779. The Balaban J connectivity index is 1.83. The maximum atomic E-state index is 11.7. The molecule has 7 nitrogen and oxygen atoms in total. The van der Waals surface area contributed by atoms with Crippen LogP contribution in [-0.2, 0) is 9.53 Å². The number of rotatable bonds is 7. The average molecular weight is 292 g/mol. The summed E-state index contributed by atoms with van der Waals surface area (Å²) in [7, 11) is 0. The lowest BCUT2D eigenvalue weighted by molar-refractivity contribution is -0.122. The summed E-state index contributed by atoms with van der Waals surface area (Å²) in [6.07, 6.45) is 3.39. The van der Waals surface area contributed by atoms with Crippen LogP contribution in [0.3, 0.4) is 0 Å². The first-order valence-electron chi connectivity index (χ1n) is 7.06. The van der Waals surface area contributed by atoms with Gasteiger partial charge in [0.1, 0.15) is 5.82 Å². The summed E-state index contributed by atoms with van der Waals surface area (Å²) in [6, 6.07) is 1.55. The van der Waals surface area contributed by atoms with Crippen molar-refractivity contribution in [3.05, 3.63) is 17.8 Å². The summed E-state index contributed by atoms with van der Waals surface area (Å²) in [5, 5.41) is 5.87. The molecule has 1 heterocycles. The highest BCUT2D eigenvalue weighted by Crippen LogP contribution is 2.28. The Morgan fingerprint density at radius 2 is 2.19 bits per heavy atom. The van der Waals surface area contributed by atoms with Crippen LogP contribution in [0.4, 0.5) is 11.5 Å². The van der Waals surface area contributed by atoms with Gasteiger partial charge < -0.3 is 21.1 Å². The normalized spacial score (nSPS) is 13.6. The Kier molecular flexibility index (Phi) is 4.97. The topological polar surface area (TPSA) is 106 Å². The summed E-state index contributed by atoms with van der Waals surface area (Å²) >= 11 is 0. The minimum atomic E-state index is -0.470. The van der Waals surface area contributed by atoms with E-state index in [9.17, 15) is 9.59 Å². The molecule has 1 aliphatic rings. The Hall–Kier alpha value is -2.31. The number of nitrogens with zero attached hydrogens (tertiary/aromatic N) is 1. The minimum Gasteiger partial charge on any atom is -0.462 e. The molecule has 1 fully saturated rings. The molecule has 0 aliphatic heterocycles. The van der Waals surface area contributed by atoms with Crippen LogP contribution in [0.2, 0.25) is 0 Å². The number of carbonyl (C=O) groups is 2. The van der Waals surface area contributed by atoms with E-state index >= 15 is 0 Å². The molecule has 0 atom stereocenters. The highest BCUT2D eigenvalue weighted by molar-refractivity contribution is 5.95. The lowest BCUT2D eigenvalue weighted by Gasteiger charge is -2.10. The number of anilines is 2. The molecule has 1 aliphatic carbocycles. The van der Waals surface area contributed by atoms with Crippen LogP contribution < -0.4 is 16.4 Å². The number of nitrogen functional groups attached to an aromatic ring is 1. The monoisotopic (exact) mass is 292 g/mol. The smallest absolute Gasteiger partial charge is 0.340 e. The predicted molar refractivity (Wildman–Crippen MR) is 78.8 cm³/mol. The van der Waals surface area contributed by atoms with Gasteiger partial charge in [-0.25, -0.2) is 9.78 Å². The van der Waals surface area contributed by atoms with E-state index in [0.29, 0.717) is 18.9 Å². The van der Waals surface area contributed by atoms with E-state index in [1.54, 1.807) is 13.0 Å². The molecule has 1 saturated carbocycles. The second-order valence-electron chi connectivity index (χ2n) is 4.87. The number of pyridine rings is 1. The molecule has 21 heavy (non-hydrogen) atoms. The van der Waals surface area contributed by atoms with Crippen molar-refractivity contribution in [2.45, 2.75) is 19.8 Å².